The molecular formula is C16H8F8O6. The quantitative estimate of drug-likeness (QED) is 0.608. The Bertz CT molecular complexity index is 954. The second-order valence-corrected chi connectivity index (χ2v) is 5.16. The van der Waals surface area contributed by atoms with Crippen molar-refractivity contribution in [1.29, 1.82) is 0 Å². The number of aromatic carboxylic acids is 1. The van der Waals surface area contributed by atoms with E-state index in [0.29, 0.717) is 24.3 Å². The average Bonchev–Trinajstić information content (AvgIpc) is 2.57. The third-order valence-corrected chi connectivity index (χ3v) is 3.18. The molecule has 6 nitrogen and oxygen atoms in total. The standard InChI is InChI=1S/C16H8F8O6/c1-27-13-9(5-4-8(12(13)18)30-16(22,23)24)28-6-2-3-7(29-15(19,20)21)11(17)10(6)14(25)26/h2-5H,1H3,(H,25,26). The fourth-order valence-corrected chi connectivity index (χ4v) is 2.14. The smallest absolute Gasteiger partial charge is 0.490 e. The lowest BCUT2D eigenvalue weighted by Crippen LogP contribution is -2.19. The SMILES string of the molecule is COc1c(Oc2ccc(OC(F)(F)F)c(F)c2C(=O)O)ccc(OC(F)(F)F)c1F. The lowest BCUT2D eigenvalue weighted by Gasteiger charge is -2.17. The first-order valence-corrected chi connectivity index (χ1v) is 7.35. The number of methoxy groups -OCH3 is 1. The van der Waals surface area contributed by atoms with Crippen molar-refractivity contribution >= 4 is 5.97 Å². The van der Waals surface area contributed by atoms with Crippen LogP contribution in [0.4, 0.5) is 35.1 Å². The van der Waals surface area contributed by atoms with Crippen LogP contribution >= 0.6 is 0 Å². The molecular weight excluding hydrogens is 440 g/mol. The first-order chi connectivity index (χ1) is 13.7. The van der Waals surface area contributed by atoms with Crippen LogP contribution in [0.15, 0.2) is 24.3 Å². The Morgan fingerprint density at radius 1 is 0.800 bits per heavy atom. The molecule has 2 rings (SSSR count). The van der Waals surface area contributed by atoms with E-state index in [4.69, 9.17) is 9.84 Å². The van der Waals surface area contributed by atoms with Gasteiger partial charge in [-0.3, -0.25) is 0 Å². The highest BCUT2D eigenvalue weighted by Crippen LogP contribution is 2.42. The fourth-order valence-electron chi connectivity index (χ4n) is 2.14. The Hall–Kier alpha value is -3.45. The molecule has 0 atom stereocenters. The number of carboxylic acid groups (broad SMARTS) is 1. The number of carbonyl (C=O) groups is 1. The summed E-state index contributed by atoms with van der Waals surface area (Å²) in [5.41, 5.74) is -1.42. The monoisotopic (exact) mass is 448 g/mol. The maximum absolute atomic E-state index is 14.2. The molecule has 30 heavy (non-hydrogen) atoms. The summed E-state index contributed by atoms with van der Waals surface area (Å²) in [6.07, 6.45) is -10.6. The molecule has 0 spiro atoms. The summed E-state index contributed by atoms with van der Waals surface area (Å²) in [6.45, 7) is 0. The van der Waals surface area contributed by atoms with Gasteiger partial charge in [0.1, 0.15) is 11.3 Å². The van der Waals surface area contributed by atoms with Gasteiger partial charge in [-0.1, -0.05) is 0 Å². The minimum atomic E-state index is -5.33. The van der Waals surface area contributed by atoms with Gasteiger partial charge >= 0.3 is 18.7 Å². The molecule has 0 saturated heterocycles. The van der Waals surface area contributed by atoms with Crippen LogP contribution in [0.25, 0.3) is 0 Å². The third-order valence-electron chi connectivity index (χ3n) is 3.18. The van der Waals surface area contributed by atoms with E-state index in [1.54, 1.807) is 0 Å². The summed E-state index contributed by atoms with van der Waals surface area (Å²) in [4.78, 5) is 11.3. The topological polar surface area (TPSA) is 74.2 Å². The number of benzene rings is 2. The molecule has 0 unspecified atom stereocenters. The summed E-state index contributed by atoms with van der Waals surface area (Å²) in [5, 5.41) is 9.09. The van der Waals surface area contributed by atoms with Crippen LogP contribution in [0, 0.1) is 11.6 Å². The highest BCUT2D eigenvalue weighted by atomic mass is 19.4. The molecule has 14 heteroatoms. The fraction of sp³-hybridized carbons (Fsp3) is 0.188. The minimum absolute atomic E-state index is 0.383. The van der Waals surface area contributed by atoms with Gasteiger partial charge in [-0.2, -0.15) is 4.39 Å². The van der Waals surface area contributed by atoms with Crippen LogP contribution in [0.5, 0.6) is 28.7 Å². The van der Waals surface area contributed by atoms with Crippen molar-refractivity contribution in [2.75, 3.05) is 7.11 Å². The van der Waals surface area contributed by atoms with Crippen LogP contribution in [0.2, 0.25) is 0 Å². The van der Waals surface area contributed by atoms with Gasteiger partial charge in [0, 0.05) is 0 Å². The van der Waals surface area contributed by atoms with Crippen molar-refractivity contribution in [2.24, 2.45) is 0 Å². The largest absolute Gasteiger partial charge is 0.573 e. The number of rotatable bonds is 6. The van der Waals surface area contributed by atoms with Crippen molar-refractivity contribution in [3.63, 3.8) is 0 Å². The van der Waals surface area contributed by atoms with Crippen LogP contribution < -0.4 is 18.9 Å². The van der Waals surface area contributed by atoms with E-state index in [9.17, 15) is 39.9 Å². The zero-order chi connectivity index (χ0) is 22.9. The number of alkyl halides is 6. The zero-order valence-electron chi connectivity index (χ0n) is 14.3. The summed E-state index contributed by atoms with van der Waals surface area (Å²) in [5.74, 6) is -11.2. The first-order valence-electron chi connectivity index (χ1n) is 7.35. The molecule has 0 fully saturated rings. The van der Waals surface area contributed by atoms with Gasteiger partial charge in [-0.15, -0.1) is 26.3 Å². The second-order valence-electron chi connectivity index (χ2n) is 5.16. The number of ether oxygens (including phenoxy) is 4. The second kappa shape index (κ2) is 8.12. The van der Waals surface area contributed by atoms with Crippen LogP contribution in [-0.4, -0.2) is 30.9 Å². The van der Waals surface area contributed by atoms with Gasteiger partial charge in [-0.05, 0) is 24.3 Å². The normalized spacial score (nSPS) is 11.8. The molecule has 2 aromatic rings. The average molecular weight is 448 g/mol. The molecule has 0 aliphatic carbocycles. The van der Waals surface area contributed by atoms with Crippen molar-refractivity contribution in [3.8, 4) is 28.7 Å². The first kappa shape index (κ1) is 22.8. The van der Waals surface area contributed by atoms with Crippen LogP contribution in [-0.2, 0) is 0 Å². The predicted octanol–water partition coefficient (Wildman–Crippen LogP) is 5.26. The van der Waals surface area contributed by atoms with E-state index < -0.39 is 64.6 Å². The molecule has 1 N–H and O–H groups in total. The third kappa shape index (κ3) is 5.33. The summed E-state index contributed by atoms with van der Waals surface area (Å²) < 4.78 is 118. The highest BCUT2D eigenvalue weighted by Gasteiger charge is 2.35. The zero-order valence-corrected chi connectivity index (χ0v) is 14.3. The Balaban J connectivity index is 2.50. The van der Waals surface area contributed by atoms with E-state index in [2.05, 4.69) is 14.2 Å². The number of hydrogen-bond donors (Lipinski definition) is 1. The molecule has 0 aliphatic heterocycles. The molecule has 0 bridgehead atoms. The van der Waals surface area contributed by atoms with E-state index in [0.717, 1.165) is 7.11 Å². The minimum Gasteiger partial charge on any atom is -0.490 e. The van der Waals surface area contributed by atoms with Crippen LogP contribution in [0.1, 0.15) is 10.4 Å². The van der Waals surface area contributed by atoms with Crippen molar-refractivity contribution < 1.29 is 64.0 Å². The maximum atomic E-state index is 14.2. The Labute approximate surface area is 161 Å². The van der Waals surface area contributed by atoms with E-state index in [1.165, 1.54) is 0 Å². The van der Waals surface area contributed by atoms with E-state index >= 15 is 0 Å². The van der Waals surface area contributed by atoms with Gasteiger partial charge in [-0.25, -0.2) is 9.18 Å². The van der Waals surface area contributed by atoms with Gasteiger partial charge in [0.2, 0.25) is 11.6 Å². The van der Waals surface area contributed by atoms with Gasteiger partial charge in [0.15, 0.2) is 23.1 Å². The van der Waals surface area contributed by atoms with E-state index in [1.807, 2.05) is 0 Å². The number of halogens is 8. The van der Waals surface area contributed by atoms with Crippen molar-refractivity contribution in [3.05, 3.63) is 41.5 Å². The van der Waals surface area contributed by atoms with Gasteiger partial charge in [0.25, 0.3) is 0 Å². The lowest BCUT2D eigenvalue weighted by atomic mass is 10.1. The van der Waals surface area contributed by atoms with Gasteiger partial charge < -0.3 is 24.1 Å². The van der Waals surface area contributed by atoms with Crippen molar-refractivity contribution in [1.82, 2.24) is 0 Å². The molecule has 0 aromatic heterocycles. The molecule has 0 heterocycles. The number of carboxylic acids is 1. The molecule has 0 saturated carbocycles. The molecule has 0 amide bonds. The molecule has 164 valence electrons. The maximum Gasteiger partial charge on any atom is 0.573 e. The summed E-state index contributed by atoms with van der Waals surface area (Å²) >= 11 is 0. The highest BCUT2D eigenvalue weighted by molar-refractivity contribution is 5.92. The molecule has 0 radical (unpaired) electrons. The van der Waals surface area contributed by atoms with Gasteiger partial charge in [0.05, 0.1) is 7.11 Å². The molecule has 2 aromatic carbocycles. The van der Waals surface area contributed by atoms with Crippen LogP contribution in [0.3, 0.4) is 0 Å². The summed E-state index contributed by atoms with van der Waals surface area (Å²) in [7, 11) is 0.821. The Morgan fingerprint density at radius 3 is 1.67 bits per heavy atom. The predicted molar refractivity (Wildman–Crippen MR) is 79.8 cm³/mol. The Kier molecular flexibility index (Phi) is 6.18. The summed E-state index contributed by atoms with van der Waals surface area (Å²) in [6, 6.07) is 2.07. The van der Waals surface area contributed by atoms with E-state index in [-0.39, 0.29) is 0 Å². The Morgan fingerprint density at radius 2 is 1.23 bits per heavy atom. The number of hydrogen-bond acceptors (Lipinski definition) is 5. The molecule has 0 aliphatic rings. The van der Waals surface area contributed by atoms with Crippen molar-refractivity contribution in [2.45, 2.75) is 12.7 Å². The lowest BCUT2D eigenvalue weighted by molar-refractivity contribution is -0.276.